The summed E-state index contributed by atoms with van der Waals surface area (Å²) in [5.74, 6) is 0.431. The van der Waals surface area contributed by atoms with Crippen molar-refractivity contribution >= 4 is 21.8 Å². The highest BCUT2D eigenvalue weighted by Gasteiger charge is 2.42. The van der Waals surface area contributed by atoms with Gasteiger partial charge in [-0.25, -0.2) is 0 Å². The third-order valence-corrected chi connectivity index (χ3v) is 11.4. The first-order valence-corrected chi connectivity index (χ1v) is 19.5. The highest BCUT2D eigenvalue weighted by atomic mass is 16.3. The number of hydrogen-bond acceptors (Lipinski definition) is 4. The van der Waals surface area contributed by atoms with Gasteiger partial charge in [-0.15, -0.1) is 0 Å². The molecule has 0 spiro atoms. The van der Waals surface area contributed by atoms with Gasteiger partial charge in [0.15, 0.2) is 0 Å². The van der Waals surface area contributed by atoms with E-state index >= 15 is 0 Å². The van der Waals surface area contributed by atoms with Crippen LogP contribution in [0.2, 0.25) is 0 Å². The van der Waals surface area contributed by atoms with Crippen LogP contribution in [-0.4, -0.2) is 20.2 Å². The number of phenols is 2. The lowest BCUT2D eigenvalue weighted by Gasteiger charge is -2.33. The molecule has 4 nitrogen and oxygen atoms in total. The minimum absolute atomic E-state index is 0.109. The number of pyridine rings is 2. The Kier molecular flexibility index (Phi) is 10.7. The maximum Gasteiger partial charge on any atom is 0.141 e. The van der Waals surface area contributed by atoms with Crippen molar-refractivity contribution in [3.63, 3.8) is 0 Å². The summed E-state index contributed by atoms with van der Waals surface area (Å²) in [5.41, 5.74) is 11.3. The van der Waals surface area contributed by atoms with Gasteiger partial charge in [-0.3, -0.25) is 9.97 Å². The number of hydrogen-bond donors (Lipinski definition) is 2. The Hall–Kier alpha value is -4.70. The van der Waals surface area contributed by atoms with Crippen molar-refractivity contribution in [3.05, 3.63) is 108 Å². The molecule has 0 bridgehead atoms. The van der Waals surface area contributed by atoms with Crippen LogP contribution in [0.3, 0.4) is 0 Å². The van der Waals surface area contributed by atoms with Crippen molar-refractivity contribution in [2.75, 3.05) is 0 Å². The van der Waals surface area contributed by atoms with Gasteiger partial charge in [-0.05, 0) is 106 Å². The van der Waals surface area contributed by atoms with Gasteiger partial charge in [0.1, 0.15) is 22.5 Å². The third kappa shape index (κ3) is 6.86. The van der Waals surface area contributed by atoms with Gasteiger partial charge in [0.25, 0.3) is 0 Å². The van der Waals surface area contributed by atoms with Crippen LogP contribution in [0.4, 0.5) is 0 Å². The van der Waals surface area contributed by atoms with Crippen LogP contribution < -0.4 is 0 Å². The van der Waals surface area contributed by atoms with E-state index in [0.717, 1.165) is 34.7 Å². The number of aromatic hydroxyl groups is 2. The first-order valence-electron chi connectivity index (χ1n) is 19.5. The molecule has 1 aliphatic rings. The molecule has 0 unspecified atom stereocenters. The standard InChI is InChI=1S/C47H52N2O2/c1-3-5-7-9-11-13-27-47(28-14-12-10-8-6-4-2)41-31-33(35-23-25-43(50)45-39(35)17-15-29-48-45)19-21-37(41)38-22-20-34(32-42(38)47)36-24-26-44(51)46-40(36)18-16-30-49-46/h15-26,29-32,50-51H,3-14,27-28H2,1-2H3. The Morgan fingerprint density at radius 1 is 0.471 bits per heavy atom. The molecule has 0 radical (unpaired) electrons. The van der Waals surface area contributed by atoms with Gasteiger partial charge in [0.05, 0.1) is 0 Å². The fourth-order valence-corrected chi connectivity index (χ4v) is 8.73. The molecule has 0 amide bonds. The normalized spacial score (nSPS) is 13.1. The topological polar surface area (TPSA) is 66.2 Å². The fraction of sp³-hybridized carbons (Fsp3) is 0.362. The number of fused-ring (bicyclic) bond motifs is 5. The summed E-state index contributed by atoms with van der Waals surface area (Å²) in [4.78, 5) is 9.08. The van der Waals surface area contributed by atoms with Crippen LogP contribution in [0, 0.1) is 0 Å². The highest BCUT2D eigenvalue weighted by molar-refractivity contribution is 6.00. The number of phenolic OH excluding ortho intramolecular Hbond substituents is 2. The predicted molar refractivity (Wildman–Crippen MR) is 213 cm³/mol. The summed E-state index contributed by atoms with van der Waals surface area (Å²) in [5, 5.41) is 23.3. The van der Waals surface area contributed by atoms with Crippen LogP contribution in [0.25, 0.3) is 55.2 Å². The predicted octanol–water partition coefficient (Wildman–Crippen LogP) is 13.3. The van der Waals surface area contributed by atoms with E-state index < -0.39 is 0 Å². The average Bonchev–Trinajstić information content (AvgIpc) is 3.43. The van der Waals surface area contributed by atoms with E-state index in [0.29, 0.717) is 11.0 Å². The van der Waals surface area contributed by atoms with Crippen molar-refractivity contribution in [1.29, 1.82) is 0 Å². The molecule has 0 fully saturated rings. The molecule has 0 atom stereocenters. The minimum Gasteiger partial charge on any atom is -0.506 e. The molecular formula is C47H52N2O2. The van der Waals surface area contributed by atoms with Crippen LogP contribution >= 0.6 is 0 Å². The van der Waals surface area contributed by atoms with Crippen molar-refractivity contribution in [3.8, 4) is 44.9 Å². The van der Waals surface area contributed by atoms with E-state index in [-0.39, 0.29) is 16.9 Å². The molecule has 2 N–H and O–H groups in total. The van der Waals surface area contributed by atoms with E-state index in [2.05, 4.69) is 72.3 Å². The van der Waals surface area contributed by atoms with E-state index in [1.807, 2.05) is 24.3 Å². The lowest BCUT2D eigenvalue weighted by Crippen LogP contribution is -2.25. The smallest absolute Gasteiger partial charge is 0.141 e. The van der Waals surface area contributed by atoms with Crippen molar-refractivity contribution in [2.24, 2.45) is 0 Å². The maximum absolute atomic E-state index is 10.7. The fourth-order valence-electron chi connectivity index (χ4n) is 8.73. The second kappa shape index (κ2) is 15.7. The number of aromatic nitrogens is 2. The molecule has 2 aromatic heterocycles. The summed E-state index contributed by atoms with van der Waals surface area (Å²) in [6.45, 7) is 4.58. The molecule has 6 aromatic rings. The minimum atomic E-state index is -0.109. The molecule has 0 aliphatic heterocycles. The third-order valence-electron chi connectivity index (χ3n) is 11.4. The summed E-state index contributed by atoms with van der Waals surface area (Å²) in [6, 6.07) is 29.9. The number of nitrogens with zero attached hydrogens (tertiary/aromatic N) is 2. The summed E-state index contributed by atoms with van der Waals surface area (Å²) < 4.78 is 0. The Labute approximate surface area is 303 Å². The molecule has 4 aromatic carbocycles. The van der Waals surface area contributed by atoms with Crippen molar-refractivity contribution in [2.45, 2.75) is 109 Å². The van der Waals surface area contributed by atoms with Gasteiger partial charge in [-0.2, -0.15) is 0 Å². The van der Waals surface area contributed by atoms with Gasteiger partial charge >= 0.3 is 0 Å². The molecule has 262 valence electrons. The molecule has 51 heavy (non-hydrogen) atoms. The van der Waals surface area contributed by atoms with E-state index in [1.165, 1.54) is 110 Å². The zero-order chi connectivity index (χ0) is 35.2. The number of unbranched alkanes of at least 4 members (excludes halogenated alkanes) is 10. The Balaban J connectivity index is 1.37. The van der Waals surface area contributed by atoms with E-state index in [4.69, 9.17) is 0 Å². The van der Waals surface area contributed by atoms with Gasteiger partial charge in [0.2, 0.25) is 0 Å². The molecular weight excluding hydrogens is 625 g/mol. The van der Waals surface area contributed by atoms with Gasteiger partial charge in [-0.1, -0.05) is 127 Å². The molecule has 4 heteroatoms. The SMILES string of the molecule is CCCCCCCCC1(CCCCCCCC)c2cc(-c3ccc(O)c4ncccc34)ccc2-c2ccc(-c3ccc(O)c4ncccc34)cc21. The Morgan fingerprint density at radius 3 is 1.33 bits per heavy atom. The average molecular weight is 677 g/mol. The summed E-state index contributed by atoms with van der Waals surface area (Å²) in [6.07, 6.45) is 21.0. The van der Waals surface area contributed by atoms with Crippen molar-refractivity contribution < 1.29 is 10.2 Å². The van der Waals surface area contributed by atoms with E-state index in [1.54, 1.807) is 24.5 Å². The largest absolute Gasteiger partial charge is 0.506 e. The molecule has 7 rings (SSSR count). The molecule has 0 saturated carbocycles. The van der Waals surface area contributed by atoms with Crippen LogP contribution in [0.1, 0.15) is 115 Å². The Morgan fingerprint density at radius 2 is 0.882 bits per heavy atom. The molecule has 2 heterocycles. The zero-order valence-electron chi connectivity index (χ0n) is 30.4. The van der Waals surface area contributed by atoms with Crippen molar-refractivity contribution in [1.82, 2.24) is 9.97 Å². The quantitative estimate of drug-likeness (QED) is 0.100. The van der Waals surface area contributed by atoms with E-state index in [9.17, 15) is 10.2 Å². The first kappa shape index (κ1) is 34.7. The number of benzene rings is 4. The summed E-state index contributed by atoms with van der Waals surface area (Å²) >= 11 is 0. The van der Waals surface area contributed by atoms with Crippen LogP contribution in [-0.2, 0) is 5.41 Å². The number of rotatable bonds is 16. The van der Waals surface area contributed by atoms with Gasteiger partial charge in [0, 0.05) is 28.6 Å². The monoisotopic (exact) mass is 676 g/mol. The lowest BCUT2D eigenvalue weighted by molar-refractivity contribution is 0.398. The highest BCUT2D eigenvalue weighted by Crippen LogP contribution is 2.56. The van der Waals surface area contributed by atoms with Gasteiger partial charge < -0.3 is 10.2 Å². The first-order chi connectivity index (χ1) is 25.1. The second-order valence-corrected chi connectivity index (χ2v) is 14.7. The van der Waals surface area contributed by atoms with Crippen LogP contribution in [0.15, 0.2) is 97.3 Å². The molecule has 1 aliphatic carbocycles. The second-order valence-electron chi connectivity index (χ2n) is 14.7. The lowest BCUT2D eigenvalue weighted by atomic mass is 9.70. The van der Waals surface area contributed by atoms with Crippen LogP contribution in [0.5, 0.6) is 11.5 Å². The molecule has 0 saturated heterocycles. The maximum atomic E-state index is 10.7. The Bertz CT molecular complexity index is 1980. The summed E-state index contributed by atoms with van der Waals surface area (Å²) in [7, 11) is 0. The zero-order valence-corrected chi connectivity index (χ0v) is 30.4.